The van der Waals surface area contributed by atoms with Crippen molar-refractivity contribution in [2.75, 3.05) is 26.2 Å². The molecule has 2 aromatic heterocycles. The second kappa shape index (κ2) is 7.52. The van der Waals surface area contributed by atoms with Crippen molar-refractivity contribution in [2.45, 2.75) is 13.8 Å². The van der Waals surface area contributed by atoms with Gasteiger partial charge in [0.15, 0.2) is 0 Å². The molecule has 1 N–H and O–H groups in total. The van der Waals surface area contributed by atoms with Gasteiger partial charge in [0.2, 0.25) is 0 Å². The monoisotopic (exact) mass is 309 g/mol. The standard InChI is InChI=1S/C14H19N3OS2/c1-3-17(4-2)7-6-15-13(18)12-10-20-14(16-12)11-5-8-19-9-11/h5,8-10H,3-4,6-7H2,1-2H3,(H,15,18). The number of rotatable bonds is 7. The van der Waals surface area contributed by atoms with E-state index in [-0.39, 0.29) is 5.91 Å². The number of carbonyl (C=O) groups is 1. The molecule has 0 aliphatic heterocycles. The van der Waals surface area contributed by atoms with Crippen LogP contribution in [0.4, 0.5) is 0 Å². The maximum Gasteiger partial charge on any atom is 0.270 e. The Hall–Kier alpha value is -1.24. The summed E-state index contributed by atoms with van der Waals surface area (Å²) >= 11 is 3.14. The molecule has 2 heterocycles. The molecular formula is C14H19N3OS2. The van der Waals surface area contributed by atoms with Crippen LogP contribution in [0.3, 0.4) is 0 Å². The van der Waals surface area contributed by atoms with E-state index >= 15 is 0 Å². The molecule has 6 heteroatoms. The molecule has 108 valence electrons. The van der Waals surface area contributed by atoms with Crippen molar-refractivity contribution in [1.29, 1.82) is 0 Å². The highest BCUT2D eigenvalue weighted by Crippen LogP contribution is 2.25. The minimum absolute atomic E-state index is 0.0881. The molecule has 0 fully saturated rings. The van der Waals surface area contributed by atoms with Gasteiger partial charge in [-0.15, -0.1) is 11.3 Å². The van der Waals surface area contributed by atoms with Gasteiger partial charge in [-0.25, -0.2) is 4.98 Å². The van der Waals surface area contributed by atoms with Crippen LogP contribution in [0.2, 0.25) is 0 Å². The zero-order valence-electron chi connectivity index (χ0n) is 11.8. The van der Waals surface area contributed by atoms with Gasteiger partial charge in [-0.3, -0.25) is 4.79 Å². The lowest BCUT2D eigenvalue weighted by atomic mass is 10.3. The van der Waals surface area contributed by atoms with Gasteiger partial charge in [0.25, 0.3) is 5.91 Å². The summed E-state index contributed by atoms with van der Waals surface area (Å²) in [6, 6.07) is 2.02. The number of aromatic nitrogens is 1. The van der Waals surface area contributed by atoms with E-state index in [4.69, 9.17) is 0 Å². The van der Waals surface area contributed by atoms with Gasteiger partial charge in [0.1, 0.15) is 10.7 Å². The molecule has 20 heavy (non-hydrogen) atoms. The van der Waals surface area contributed by atoms with E-state index in [1.165, 1.54) is 11.3 Å². The Morgan fingerprint density at radius 3 is 2.80 bits per heavy atom. The Labute approximate surface area is 127 Å². The third-order valence-electron chi connectivity index (χ3n) is 3.11. The number of nitrogens with one attached hydrogen (secondary N) is 1. The van der Waals surface area contributed by atoms with Gasteiger partial charge in [0, 0.05) is 29.4 Å². The number of thiophene rings is 1. The van der Waals surface area contributed by atoms with Crippen molar-refractivity contribution < 1.29 is 4.79 Å². The highest BCUT2D eigenvalue weighted by atomic mass is 32.1. The van der Waals surface area contributed by atoms with Gasteiger partial charge >= 0.3 is 0 Å². The molecule has 0 aromatic carbocycles. The van der Waals surface area contributed by atoms with E-state index in [2.05, 4.69) is 29.0 Å². The molecule has 1 amide bonds. The van der Waals surface area contributed by atoms with Gasteiger partial charge in [0.05, 0.1) is 0 Å². The number of amides is 1. The summed E-state index contributed by atoms with van der Waals surface area (Å²) in [7, 11) is 0. The zero-order chi connectivity index (χ0) is 14.4. The van der Waals surface area contributed by atoms with E-state index in [1.54, 1.807) is 11.3 Å². The first-order valence-electron chi connectivity index (χ1n) is 6.73. The summed E-state index contributed by atoms with van der Waals surface area (Å²) in [5.74, 6) is -0.0881. The van der Waals surface area contributed by atoms with Crippen molar-refractivity contribution in [2.24, 2.45) is 0 Å². The summed E-state index contributed by atoms with van der Waals surface area (Å²) in [6.45, 7) is 7.79. The first-order chi connectivity index (χ1) is 9.74. The fourth-order valence-corrected chi connectivity index (χ4v) is 3.37. The Morgan fingerprint density at radius 2 is 2.15 bits per heavy atom. The van der Waals surface area contributed by atoms with Crippen LogP contribution in [0, 0.1) is 0 Å². The third-order valence-corrected chi connectivity index (χ3v) is 4.69. The predicted octanol–water partition coefficient (Wildman–Crippen LogP) is 2.94. The molecule has 0 saturated carbocycles. The van der Waals surface area contributed by atoms with E-state index in [0.29, 0.717) is 12.2 Å². The van der Waals surface area contributed by atoms with Crippen LogP contribution in [0.1, 0.15) is 24.3 Å². The molecule has 0 bridgehead atoms. The fraction of sp³-hybridized carbons (Fsp3) is 0.429. The maximum absolute atomic E-state index is 12.0. The van der Waals surface area contributed by atoms with Crippen molar-refractivity contribution in [3.05, 3.63) is 27.9 Å². The van der Waals surface area contributed by atoms with Crippen LogP contribution in [0.5, 0.6) is 0 Å². The number of hydrogen-bond donors (Lipinski definition) is 1. The number of carbonyl (C=O) groups excluding carboxylic acids is 1. The molecule has 0 aliphatic carbocycles. The molecule has 0 atom stereocenters. The van der Waals surface area contributed by atoms with Crippen LogP contribution in [-0.4, -0.2) is 42.0 Å². The van der Waals surface area contributed by atoms with Crippen molar-refractivity contribution >= 4 is 28.6 Å². The molecule has 0 aliphatic rings. The molecule has 2 rings (SSSR count). The molecule has 2 aromatic rings. The van der Waals surface area contributed by atoms with Crippen molar-refractivity contribution in [3.63, 3.8) is 0 Å². The molecule has 0 radical (unpaired) electrons. The smallest absolute Gasteiger partial charge is 0.270 e. The zero-order valence-corrected chi connectivity index (χ0v) is 13.4. The van der Waals surface area contributed by atoms with Crippen LogP contribution in [0.25, 0.3) is 10.6 Å². The quantitative estimate of drug-likeness (QED) is 0.855. The van der Waals surface area contributed by atoms with E-state index in [0.717, 1.165) is 30.2 Å². The predicted molar refractivity (Wildman–Crippen MR) is 85.5 cm³/mol. The number of nitrogens with zero attached hydrogens (tertiary/aromatic N) is 2. The average molecular weight is 309 g/mol. The second-order valence-electron chi connectivity index (χ2n) is 4.33. The summed E-state index contributed by atoms with van der Waals surface area (Å²) < 4.78 is 0. The molecular weight excluding hydrogens is 290 g/mol. The summed E-state index contributed by atoms with van der Waals surface area (Å²) in [4.78, 5) is 18.7. The average Bonchev–Trinajstić information content (AvgIpc) is 3.13. The van der Waals surface area contributed by atoms with Crippen LogP contribution < -0.4 is 5.32 Å². The SMILES string of the molecule is CCN(CC)CCNC(=O)c1csc(-c2ccsc2)n1. The summed E-state index contributed by atoms with van der Waals surface area (Å²) in [6.07, 6.45) is 0. The maximum atomic E-state index is 12.0. The normalized spacial score (nSPS) is 10.9. The molecule has 0 unspecified atom stereocenters. The van der Waals surface area contributed by atoms with Crippen molar-refractivity contribution in [3.8, 4) is 10.6 Å². The lowest BCUT2D eigenvalue weighted by Gasteiger charge is -2.17. The largest absolute Gasteiger partial charge is 0.349 e. The second-order valence-corrected chi connectivity index (χ2v) is 5.97. The third kappa shape index (κ3) is 3.88. The molecule has 0 spiro atoms. The fourth-order valence-electron chi connectivity index (χ4n) is 1.85. The Morgan fingerprint density at radius 1 is 1.35 bits per heavy atom. The van der Waals surface area contributed by atoms with Crippen LogP contribution >= 0.6 is 22.7 Å². The molecule has 4 nitrogen and oxygen atoms in total. The first kappa shape index (κ1) is 15.2. The van der Waals surface area contributed by atoms with E-state index in [9.17, 15) is 4.79 Å². The topological polar surface area (TPSA) is 45.2 Å². The minimum atomic E-state index is -0.0881. The highest BCUT2D eigenvalue weighted by molar-refractivity contribution is 7.14. The highest BCUT2D eigenvalue weighted by Gasteiger charge is 2.11. The number of hydrogen-bond acceptors (Lipinski definition) is 5. The van der Waals surface area contributed by atoms with Gasteiger partial charge < -0.3 is 10.2 Å². The van der Waals surface area contributed by atoms with Crippen LogP contribution in [-0.2, 0) is 0 Å². The van der Waals surface area contributed by atoms with Gasteiger partial charge in [-0.05, 0) is 24.5 Å². The Bertz CT molecular complexity index is 532. The van der Waals surface area contributed by atoms with E-state index in [1.807, 2.05) is 22.2 Å². The Kier molecular flexibility index (Phi) is 5.70. The summed E-state index contributed by atoms with van der Waals surface area (Å²) in [5, 5.41) is 9.70. The lowest BCUT2D eigenvalue weighted by molar-refractivity contribution is 0.0944. The minimum Gasteiger partial charge on any atom is -0.349 e. The van der Waals surface area contributed by atoms with Gasteiger partial charge in [-0.2, -0.15) is 11.3 Å². The Balaban J connectivity index is 1.87. The summed E-state index contributed by atoms with van der Waals surface area (Å²) in [5.41, 5.74) is 1.60. The molecule has 0 saturated heterocycles. The first-order valence-corrected chi connectivity index (χ1v) is 8.55. The number of thiazole rings is 1. The number of likely N-dealkylation sites (N-methyl/N-ethyl adjacent to an activating group) is 1. The van der Waals surface area contributed by atoms with Crippen molar-refractivity contribution in [1.82, 2.24) is 15.2 Å². The lowest BCUT2D eigenvalue weighted by Crippen LogP contribution is -2.34. The van der Waals surface area contributed by atoms with E-state index < -0.39 is 0 Å². The van der Waals surface area contributed by atoms with Crippen LogP contribution in [0.15, 0.2) is 22.2 Å². The van der Waals surface area contributed by atoms with Gasteiger partial charge in [-0.1, -0.05) is 13.8 Å².